The second kappa shape index (κ2) is 4.82. The quantitative estimate of drug-likeness (QED) is 0.857. The van der Waals surface area contributed by atoms with E-state index in [1.54, 1.807) is 19.2 Å². The Morgan fingerprint density at radius 3 is 3.05 bits per heavy atom. The molecule has 0 radical (unpaired) electrons. The van der Waals surface area contributed by atoms with E-state index in [9.17, 15) is 4.39 Å². The van der Waals surface area contributed by atoms with Gasteiger partial charge in [0.1, 0.15) is 5.75 Å². The van der Waals surface area contributed by atoms with Gasteiger partial charge in [-0.05, 0) is 13.0 Å². The molecule has 6 nitrogen and oxygen atoms in total. The maximum Gasteiger partial charge on any atom is 0.267 e. The number of hydrogen-bond acceptors (Lipinski definition) is 6. The molecule has 106 valence electrons. The third-order valence-electron chi connectivity index (χ3n) is 3.51. The Hall–Kier alpha value is -2.02. The summed E-state index contributed by atoms with van der Waals surface area (Å²) in [6, 6.07) is 1.69. The molecule has 2 aromatic heterocycles. The molecule has 0 N–H and O–H groups in total. The number of aromatic nitrogens is 3. The number of nitrogens with zero attached hydrogens (tertiary/aromatic N) is 3. The van der Waals surface area contributed by atoms with Crippen LogP contribution in [0.4, 0.5) is 4.39 Å². The van der Waals surface area contributed by atoms with Crippen LogP contribution in [-0.4, -0.2) is 34.9 Å². The van der Waals surface area contributed by atoms with Crippen molar-refractivity contribution < 1.29 is 18.4 Å². The molecule has 7 heteroatoms. The summed E-state index contributed by atoms with van der Waals surface area (Å²) >= 11 is 0. The molecule has 1 aliphatic rings. The van der Waals surface area contributed by atoms with Gasteiger partial charge in [0.05, 0.1) is 31.6 Å². The van der Waals surface area contributed by atoms with Gasteiger partial charge in [-0.1, -0.05) is 5.16 Å². The normalized spacial score (nSPS) is 25.9. The van der Waals surface area contributed by atoms with Crippen LogP contribution in [0.5, 0.6) is 5.75 Å². The van der Waals surface area contributed by atoms with E-state index in [0.717, 1.165) is 0 Å². The molecule has 0 aromatic carbocycles. The number of ether oxygens (including phenoxy) is 2. The summed E-state index contributed by atoms with van der Waals surface area (Å²) in [7, 11) is 1.52. The van der Waals surface area contributed by atoms with Crippen molar-refractivity contribution in [2.45, 2.75) is 25.1 Å². The number of alkyl halides is 1. The molecule has 20 heavy (non-hydrogen) atoms. The van der Waals surface area contributed by atoms with Crippen molar-refractivity contribution in [1.82, 2.24) is 15.1 Å². The van der Waals surface area contributed by atoms with Crippen LogP contribution >= 0.6 is 0 Å². The van der Waals surface area contributed by atoms with Crippen LogP contribution < -0.4 is 4.74 Å². The predicted molar refractivity (Wildman–Crippen MR) is 66.9 cm³/mol. The van der Waals surface area contributed by atoms with Gasteiger partial charge >= 0.3 is 0 Å². The van der Waals surface area contributed by atoms with Crippen LogP contribution in [0.3, 0.4) is 0 Å². The Labute approximate surface area is 114 Å². The third kappa shape index (κ3) is 1.94. The molecule has 0 aliphatic carbocycles. The van der Waals surface area contributed by atoms with Gasteiger partial charge in [0.2, 0.25) is 11.5 Å². The Balaban J connectivity index is 1.98. The number of hydrogen-bond donors (Lipinski definition) is 0. The minimum absolute atomic E-state index is 0.0589. The average Bonchev–Trinajstić information content (AvgIpc) is 3.08. The molecule has 0 spiro atoms. The van der Waals surface area contributed by atoms with Gasteiger partial charge in [-0.15, -0.1) is 0 Å². The second-order valence-electron chi connectivity index (χ2n) is 4.62. The highest BCUT2D eigenvalue weighted by atomic mass is 19.1. The summed E-state index contributed by atoms with van der Waals surface area (Å²) in [5.41, 5.74) is -1.13. The van der Waals surface area contributed by atoms with Gasteiger partial charge in [0.15, 0.2) is 0 Å². The van der Waals surface area contributed by atoms with Crippen molar-refractivity contribution in [3.63, 3.8) is 0 Å². The van der Waals surface area contributed by atoms with Crippen LogP contribution in [0.2, 0.25) is 0 Å². The number of rotatable bonds is 3. The first kappa shape index (κ1) is 13.0. The Bertz CT molecular complexity index is 618. The predicted octanol–water partition coefficient (Wildman–Crippen LogP) is 2.11. The Morgan fingerprint density at radius 2 is 2.35 bits per heavy atom. The Morgan fingerprint density at radius 1 is 1.50 bits per heavy atom. The zero-order valence-electron chi connectivity index (χ0n) is 11.2. The van der Waals surface area contributed by atoms with Crippen LogP contribution in [0, 0.1) is 0 Å². The largest absolute Gasteiger partial charge is 0.494 e. The van der Waals surface area contributed by atoms with E-state index in [-0.39, 0.29) is 18.1 Å². The molecule has 0 amide bonds. The lowest BCUT2D eigenvalue weighted by atomic mass is 9.99. The highest BCUT2D eigenvalue weighted by Gasteiger charge is 2.48. The summed E-state index contributed by atoms with van der Waals surface area (Å²) in [6.07, 6.45) is 2.73. The highest BCUT2D eigenvalue weighted by Crippen LogP contribution is 2.40. The maximum atomic E-state index is 14.8. The van der Waals surface area contributed by atoms with Gasteiger partial charge in [0.25, 0.3) is 5.89 Å². The van der Waals surface area contributed by atoms with E-state index in [2.05, 4.69) is 15.1 Å². The molecule has 0 saturated carbocycles. The van der Waals surface area contributed by atoms with Gasteiger partial charge in [-0.2, -0.15) is 4.98 Å². The van der Waals surface area contributed by atoms with Gasteiger partial charge in [0, 0.05) is 12.6 Å². The summed E-state index contributed by atoms with van der Waals surface area (Å²) in [4.78, 5) is 8.10. The first-order valence-corrected chi connectivity index (χ1v) is 6.28. The van der Waals surface area contributed by atoms with Crippen LogP contribution in [-0.2, 0) is 10.4 Å². The lowest BCUT2D eigenvalue weighted by molar-refractivity contribution is 0.0135. The summed E-state index contributed by atoms with van der Waals surface area (Å²) < 4.78 is 30.3. The fourth-order valence-corrected chi connectivity index (χ4v) is 2.23. The topological polar surface area (TPSA) is 70.3 Å². The molecule has 3 heterocycles. The third-order valence-corrected chi connectivity index (χ3v) is 3.51. The SMILES string of the molecule is COc1cnccc1-c1noc(C2(F)CCOC2C)n1. The van der Waals surface area contributed by atoms with Crippen molar-refractivity contribution in [3.8, 4) is 17.1 Å². The van der Waals surface area contributed by atoms with Gasteiger partial charge in [-0.25, -0.2) is 4.39 Å². The molecule has 1 fully saturated rings. The smallest absolute Gasteiger partial charge is 0.267 e. The zero-order chi connectivity index (χ0) is 14.2. The second-order valence-corrected chi connectivity index (χ2v) is 4.62. The van der Waals surface area contributed by atoms with Crippen LogP contribution in [0.15, 0.2) is 23.0 Å². The van der Waals surface area contributed by atoms with E-state index in [4.69, 9.17) is 14.0 Å². The number of pyridine rings is 1. The number of halogens is 1. The monoisotopic (exact) mass is 279 g/mol. The first-order valence-electron chi connectivity index (χ1n) is 6.28. The van der Waals surface area contributed by atoms with Crippen molar-refractivity contribution in [2.75, 3.05) is 13.7 Å². The van der Waals surface area contributed by atoms with E-state index >= 15 is 0 Å². The molecular formula is C13H14FN3O3. The average molecular weight is 279 g/mol. The Kier molecular flexibility index (Phi) is 3.13. The van der Waals surface area contributed by atoms with Crippen molar-refractivity contribution in [2.24, 2.45) is 0 Å². The minimum Gasteiger partial charge on any atom is -0.494 e. The minimum atomic E-state index is -1.73. The number of methoxy groups -OCH3 is 1. The molecule has 2 aromatic rings. The first-order chi connectivity index (χ1) is 9.65. The molecule has 2 atom stereocenters. The lowest BCUT2D eigenvalue weighted by Crippen LogP contribution is -2.28. The summed E-state index contributed by atoms with van der Waals surface area (Å²) in [5.74, 6) is 0.718. The van der Waals surface area contributed by atoms with Gasteiger partial charge in [-0.3, -0.25) is 4.98 Å². The molecular weight excluding hydrogens is 265 g/mol. The van der Waals surface area contributed by atoms with Gasteiger partial charge < -0.3 is 14.0 Å². The van der Waals surface area contributed by atoms with Crippen molar-refractivity contribution in [1.29, 1.82) is 0 Å². The van der Waals surface area contributed by atoms with E-state index in [1.165, 1.54) is 13.3 Å². The molecule has 3 rings (SSSR count). The summed E-state index contributed by atoms with van der Waals surface area (Å²) in [5, 5.41) is 3.83. The molecule has 1 aliphatic heterocycles. The molecule has 1 saturated heterocycles. The van der Waals surface area contributed by atoms with Crippen LogP contribution in [0.25, 0.3) is 11.4 Å². The van der Waals surface area contributed by atoms with E-state index < -0.39 is 11.8 Å². The molecule has 0 bridgehead atoms. The van der Waals surface area contributed by atoms with E-state index in [0.29, 0.717) is 17.9 Å². The molecule has 2 unspecified atom stereocenters. The van der Waals surface area contributed by atoms with Crippen molar-refractivity contribution in [3.05, 3.63) is 24.4 Å². The van der Waals surface area contributed by atoms with Crippen LogP contribution in [0.1, 0.15) is 19.2 Å². The van der Waals surface area contributed by atoms with E-state index in [1.807, 2.05) is 0 Å². The fourth-order valence-electron chi connectivity index (χ4n) is 2.23. The lowest BCUT2D eigenvalue weighted by Gasteiger charge is -2.17. The summed E-state index contributed by atoms with van der Waals surface area (Å²) in [6.45, 7) is 2.00. The standard InChI is InChI=1S/C13H14FN3O3/c1-8-13(14,4-6-19-8)12-16-11(17-20-12)9-3-5-15-7-10(9)18-2/h3,5,7-8H,4,6H2,1-2H3. The van der Waals surface area contributed by atoms with Crippen molar-refractivity contribution >= 4 is 0 Å². The highest BCUT2D eigenvalue weighted by molar-refractivity contribution is 5.62. The fraction of sp³-hybridized carbons (Fsp3) is 0.462. The zero-order valence-corrected chi connectivity index (χ0v) is 11.2. The maximum absolute atomic E-state index is 14.8.